The SMILES string of the molecule is CCCC(=O)N1CCOC[C@H]1CN(C)CCO. The lowest BCUT2D eigenvalue weighted by molar-refractivity contribution is -0.140. The zero-order valence-electron chi connectivity index (χ0n) is 10.9. The first-order chi connectivity index (χ1) is 8.19. The summed E-state index contributed by atoms with van der Waals surface area (Å²) in [4.78, 5) is 15.9. The van der Waals surface area contributed by atoms with Crippen molar-refractivity contribution in [3.05, 3.63) is 0 Å². The summed E-state index contributed by atoms with van der Waals surface area (Å²) in [5, 5.41) is 8.87. The third-order valence-corrected chi connectivity index (χ3v) is 3.02. The fraction of sp³-hybridized carbons (Fsp3) is 0.917. The van der Waals surface area contributed by atoms with Crippen LogP contribution in [0.25, 0.3) is 0 Å². The Bertz CT molecular complexity index is 236. The Hall–Kier alpha value is -0.650. The van der Waals surface area contributed by atoms with Crippen molar-refractivity contribution in [1.29, 1.82) is 0 Å². The predicted molar refractivity (Wildman–Crippen MR) is 65.8 cm³/mol. The van der Waals surface area contributed by atoms with Gasteiger partial charge in [-0.05, 0) is 13.5 Å². The molecule has 100 valence electrons. The van der Waals surface area contributed by atoms with Crippen LogP contribution in [0, 0.1) is 0 Å². The molecule has 1 atom stereocenters. The quantitative estimate of drug-likeness (QED) is 0.711. The van der Waals surface area contributed by atoms with Gasteiger partial charge < -0.3 is 19.6 Å². The molecule has 1 fully saturated rings. The van der Waals surface area contributed by atoms with E-state index in [4.69, 9.17) is 9.84 Å². The number of hydrogen-bond donors (Lipinski definition) is 1. The van der Waals surface area contributed by atoms with Crippen LogP contribution in [0.15, 0.2) is 0 Å². The zero-order chi connectivity index (χ0) is 12.7. The molecule has 0 radical (unpaired) electrons. The van der Waals surface area contributed by atoms with E-state index >= 15 is 0 Å². The maximum Gasteiger partial charge on any atom is 0.223 e. The summed E-state index contributed by atoms with van der Waals surface area (Å²) in [5.41, 5.74) is 0. The molecule has 5 nitrogen and oxygen atoms in total. The maximum absolute atomic E-state index is 12.0. The minimum atomic E-state index is 0.124. The van der Waals surface area contributed by atoms with Crippen LogP contribution >= 0.6 is 0 Å². The highest BCUT2D eigenvalue weighted by atomic mass is 16.5. The standard InChI is InChI=1S/C12H24N2O3/c1-3-4-12(16)14-6-8-17-10-11(14)9-13(2)5-7-15/h11,15H,3-10H2,1-2H3/t11-/m1/s1. The summed E-state index contributed by atoms with van der Waals surface area (Å²) in [6, 6.07) is 0.124. The molecule has 17 heavy (non-hydrogen) atoms. The first kappa shape index (κ1) is 14.4. The number of rotatable bonds is 6. The summed E-state index contributed by atoms with van der Waals surface area (Å²) < 4.78 is 5.44. The second-order valence-electron chi connectivity index (χ2n) is 4.55. The van der Waals surface area contributed by atoms with Crippen molar-refractivity contribution in [2.75, 3.05) is 46.5 Å². The van der Waals surface area contributed by atoms with Crippen LogP contribution in [0.3, 0.4) is 0 Å². The summed E-state index contributed by atoms with van der Waals surface area (Å²) in [6.45, 7) is 5.48. The lowest BCUT2D eigenvalue weighted by Gasteiger charge is -2.37. The molecule has 0 unspecified atom stereocenters. The minimum absolute atomic E-state index is 0.124. The molecule has 0 aromatic carbocycles. The fourth-order valence-corrected chi connectivity index (χ4v) is 2.11. The second-order valence-corrected chi connectivity index (χ2v) is 4.55. The van der Waals surface area contributed by atoms with Gasteiger partial charge in [0.2, 0.25) is 5.91 Å². The average molecular weight is 244 g/mol. The van der Waals surface area contributed by atoms with E-state index in [1.54, 1.807) is 0 Å². The Morgan fingerprint density at radius 2 is 2.35 bits per heavy atom. The first-order valence-electron chi connectivity index (χ1n) is 6.35. The summed E-state index contributed by atoms with van der Waals surface area (Å²) in [6.07, 6.45) is 1.50. The second kappa shape index (κ2) is 7.63. The Kier molecular flexibility index (Phi) is 6.47. The van der Waals surface area contributed by atoms with Gasteiger partial charge in [0.1, 0.15) is 0 Å². The molecular formula is C12H24N2O3. The van der Waals surface area contributed by atoms with Gasteiger partial charge in [-0.2, -0.15) is 0 Å². The van der Waals surface area contributed by atoms with Crippen LogP contribution in [0.1, 0.15) is 19.8 Å². The lowest BCUT2D eigenvalue weighted by atomic mass is 10.2. The molecular weight excluding hydrogens is 220 g/mol. The monoisotopic (exact) mass is 244 g/mol. The molecule has 0 aromatic rings. The zero-order valence-corrected chi connectivity index (χ0v) is 10.9. The number of hydrogen-bond acceptors (Lipinski definition) is 4. The number of nitrogens with zero attached hydrogens (tertiary/aromatic N) is 2. The van der Waals surface area contributed by atoms with Gasteiger partial charge in [0.05, 0.1) is 25.9 Å². The normalized spacial score (nSPS) is 20.9. The van der Waals surface area contributed by atoms with Gasteiger partial charge in [0.25, 0.3) is 0 Å². The third-order valence-electron chi connectivity index (χ3n) is 3.02. The van der Waals surface area contributed by atoms with Crippen molar-refractivity contribution in [2.45, 2.75) is 25.8 Å². The Morgan fingerprint density at radius 3 is 3.00 bits per heavy atom. The van der Waals surface area contributed by atoms with E-state index in [2.05, 4.69) is 0 Å². The highest BCUT2D eigenvalue weighted by Crippen LogP contribution is 2.10. The van der Waals surface area contributed by atoms with Crippen LogP contribution in [0.2, 0.25) is 0 Å². The number of aliphatic hydroxyl groups excluding tert-OH is 1. The van der Waals surface area contributed by atoms with Crippen molar-refractivity contribution >= 4 is 5.91 Å². The van der Waals surface area contributed by atoms with Crippen molar-refractivity contribution < 1.29 is 14.6 Å². The van der Waals surface area contributed by atoms with E-state index in [0.29, 0.717) is 32.7 Å². The van der Waals surface area contributed by atoms with Crippen molar-refractivity contribution in [1.82, 2.24) is 9.80 Å². The molecule has 1 aliphatic rings. The van der Waals surface area contributed by atoms with Crippen molar-refractivity contribution in [3.63, 3.8) is 0 Å². The Morgan fingerprint density at radius 1 is 1.59 bits per heavy atom. The Balaban J connectivity index is 2.50. The Labute approximate surface area is 103 Å². The van der Waals surface area contributed by atoms with Gasteiger partial charge in [0, 0.05) is 26.1 Å². The molecule has 1 heterocycles. The number of aliphatic hydroxyl groups is 1. The minimum Gasteiger partial charge on any atom is -0.395 e. The molecule has 5 heteroatoms. The van der Waals surface area contributed by atoms with Gasteiger partial charge >= 0.3 is 0 Å². The van der Waals surface area contributed by atoms with E-state index in [0.717, 1.165) is 13.0 Å². The summed E-state index contributed by atoms with van der Waals surface area (Å²) in [5.74, 6) is 0.221. The molecule has 1 aliphatic heterocycles. The van der Waals surface area contributed by atoms with E-state index in [9.17, 15) is 4.79 Å². The topological polar surface area (TPSA) is 53.0 Å². The van der Waals surface area contributed by atoms with E-state index in [1.807, 2.05) is 23.8 Å². The van der Waals surface area contributed by atoms with Crippen LogP contribution in [0.5, 0.6) is 0 Å². The van der Waals surface area contributed by atoms with Crippen LogP contribution < -0.4 is 0 Å². The van der Waals surface area contributed by atoms with Crippen LogP contribution in [0.4, 0.5) is 0 Å². The lowest BCUT2D eigenvalue weighted by Crippen LogP contribution is -2.53. The molecule has 0 saturated carbocycles. The van der Waals surface area contributed by atoms with Gasteiger partial charge in [-0.3, -0.25) is 4.79 Å². The summed E-state index contributed by atoms with van der Waals surface area (Å²) >= 11 is 0. The number of carbonyl (C=O) groups is 1. The van der Waals surface area contributed by atoms with E-state index in [-0.39, 0.29) is 18.6 Å². The van der Waals surface area contributed by atoms with Crippen molar-refractivity contribution in [3.8, 4) is 0 Å². The number of likely N-dealkylation sites (N-methyl/N-ethyl adjacent to an activating group) is 1. The average Bonchev–Trinajstić information content (AvgIpc) is 2.30. The molecule has 1 saturated heterocycles. The van der Waals surface area contributed by atoms with Gasteiger partial charge in [-0.1, -0.05) is 6.92 Å². The van der Waals surface area contributed by atoms with E-state index < -0.39 is 0 Å². The summed E-state index contributed by atoms with van der Waals surface area (Å²) in [7, 11) is 1.95. The van der Waals surface area contributed by atoms with Crippen LogP contribution in [-0.2, 0) is 9.53 Å². The van der Waals surface area contributed by atoms with Crippen molar-refractivity contribution in [2.24, 2.45) is 0 Å². The molecule has 0 spiro atoms. The molecule has 0 aliphatic carbocycles. The largest absolute Gasteiger partial charge is 0.395 e. The van der Waals surface area contributed by atoms with E-state index in [1.165, 1.54) is 0 Å². The first-order valence-corrected chi connectivity index (χ1v) is 6.35. The van der Waals surface area contributed by atoms with Gasteiger partial charge in [-0.15, -0.1) is 0 Å². The molecule has 1 amide bonds. The van der Waals surface area contributed by atoms with Crippen LogP contribution in [-0.4, -0.2) is 73.4 Å². The molecule has 0 bridgehead atoms. The fourth-order valence-electron chi connectivity index (χ4n) is 2.11. The smallest absolute Gasteiger partial charge is 0.223 e. The highest BCUT2D eigenvalue weighted by molar-refractivity contribution is 5.76. The molecule has 0 aromatic heterocycles. The van der Waals surface area contributed by atoms with Gasteiger partial charge in [-0.25, -0.2) is 0 Å². The maximum atomic E-state index is 12.0. The number of ether oxygens (including phenoxy) is 1. The van der Waals surface area contributed by atoms with Gasteiger partial charge in [0.15, 0.2) is 0 Å². The predicted octanol–water partition coefficient (Wildman–Crippen LogP) is -0.0620. The number of morpholine rings is 1. The number of carbonyl (C=O) groups excluding carboxylic acids is 1. The molecule has 1 rings (SSSR count). The molecule has 1 N–H and O–H groups in total. The highest BCUT2D eigenvalue weighted by Gasteiger charge is 2.27. The number of amides is 1. The third kappa shape index (κ3) is 4.61.